The van der Waals surface area contributed by atoms with E-state index in [1.807, 2.05) is 59.8 Å². The lowest BCUT2D eigenvalue weighted by Crippen LogP contribution is -2.32. The molecular weight excluding hydrogens is 278 g/mol. The van der Waals surface area contributed by atoms with Gasteiger partial charge in [-0.2, -0.15) is 0 Å². The Morgan fingerprint density at radius 3 is 2.36 bits per heavy atom. The molecule has 0 unspecified atom stereocenters. The van der Waals surface area contributed by atoms with E-state index in [0.717, 1.165) is 10.9 Å². The molecule has 114 valence electrons. The van der Waals surface area contributed by atoms with Crippen molar-refractivity contribution in [3.05, 3.63) is 42.2 Å². The van der Waals surface area contributed by atoms with Crippen molar-refractivity contribution in [2.75, 3.05) is 20.1 Å². The van der Waals surface area contributed by atoms with Gasteiger partial charge >= 0.3 is 0 Å². The van der Waals surface area contributed by atoms with Gasteiger partial charge in [0.15, 0.2) is 0 Å². The topological polar surface area (TPSA) is 45.6 Å². The molecule has 3 rings (SSSR count). The number of fused-ring (bicyclic) bond motifs is 1. The lowest BCUT2D eigenvalue weighted by Gasteiger charge is -2.22. The summed E-state index contributed by atoms with van der Waals surface area (Å²) in [4.78, 5) is 28.2. The van der Waals surface area contributed by atoms with Crippen molar-refractivity contribution >= 4 is 28.4 Å². The van der Waals surface area contributed by atoms with Gasteiger partial charge in [-0.15, -0.1) is 0 Å². The van der Waals surface area contributed by atoms with Gasteiger partial charge in [-0.25, -0.2) is 0 Å². The molecule has 1 aliphatic rings. The molecule has 0 N–H and O–H groups in total. The van der Waals surface area contributed by atoms with Crippen molar-refractivity contribution in [3.8, 4) is 0 Å². The predicted molar refractivity (Wildman–Crippen MR) is 85.9 cm³/mol. The lowest BCUT2D eigenvalue weighted by atomic mass is 10.2. The van der Waals surface area contributed by atoms with Crippen molar-refractivity contribution in [2.45, 2.75) is 13.8 Å². The minimum atomic E-state index is -0.256. The summed E-state index contributed by atoms with van der Waals surface area (Å²) in [5.41, 5.74) is 1.86. The Labute approximate surface area is 129 Å². The van der Waals surface area contributed by atoms with E-state index in [1.54, 1.807) is 0 Å². The second-order valence-corrected chi connectivity index (χ2v) is 5.28. The van der Waals surface area contributed by atoms with E-state index in [4.69, 9.17) is 0 Å². The molecule has 0 atom stereocenters. The molecule has 2 aromatic rings. The maximum absolute atomic E-state index is 12.6. The fraction of sp³-hybridized carbons (Fsp3) is 0.294. The normalized spacial score (nSPS) is 15.3. The van der Waals surface area contributed by atoms with Gasteiger partial charge in [0.2, 0.25) is 0 Å². The first-order chi connectivity index (χ1) is 10.6. The highest BCUT2D eigenvalue weighted by atomic mass is 16.2. The molecule has 5 nitrogen and oxygen atoms in total. The Morgan fingerprint density at radius 1 is 1.00 bits per heavy atom. The molecule has 0 bridgehead atoms. The van der Waals surface area contributed by atoms with Crippen LogP contribution in [0.15, 0.2) is 42.2 Å². The molecular formula is C17H19N3O2. The number of carbonyl (C=O) groups excluding carboxylic acids is 2. The molecule has 0 radical (unpaired) electrons. The third kappa shape index (κ3) is 1.93. The zero-order valence-electron chi connectivity index (χ0n) is 13.0. The van der Waals surface area contributed by atoms with Gasteiger partial charge in [0.25, 0.3) is 11.8 Å². The van der Waals surface area contributed by atoms with Crippen LogP contribution in [0.25, 0.3) is 16.6 Å². The van der Waals surface area contributed by atoms with E-state index < -0.39 is 0 Å². The second-order valence-electron chi connectivity index (χ2n) is 5.28. The maximum Gasteiger partial charge on any atom is 0.279 e. The number of nitrogens with zero attached hydrogens (tertiary/aromatic N) is 3. The third-order valence-electron chi connectivity index (χ3n) is 4.16. The molecule has 0 spiro atoms. The summed E-state index contributed by atoms with van der Waals surface area (Å²) in [5, 5.41) is 1.05. The summed E-state index contributed by atoms with van der Waals surface area (Å²) in [7, 11) is 1.53. The zero-order chi connectivity index (χ0) is 15.9. The Kier molecular flexibility index (Phi) is 3.48. The highest BCUT2D eigenvalue weighted by molar-refractivity contribution is 6.32. The van der Waals surface area contributed by atoms with Crippen LogP contribution in [-0.2, 0) is 9.59 Å². The van der Waals surface area contributed by atoms with Crippen LogP contribution in [0.3, 0.4) is 0 Å². The number of amides is 2. The van der Waals surface area contributed by atoms with E-state index in [0.29, 0.717) is 24.5 Å². The average Bonchev–Trinajstić information content (AvgIpc) is 3.05. The van der Waals surface area contributed by atoms with Crippen molar-refractivity contribution in [2.24, 2.45) is 0 Å². The Hall–Kier alpha value is -2.56. The fourth-order valence-corrected chi connectivity index (χ4v) is 2.93. The van der Waals surface area contributed by atoms with Gasteiger partial charge < -0.3 is 9.47 Å². The molecule has 22 heavy (non-hydrogen) atoms. The first-order valence-electron chi connectivity index (χ1n) is 7.48. The van der Waals surface area contributed by atoms with Crippen LogP contribution in [-0.4, -0.2) is 46.3 Å². The van der Waals surface area contributed by atoms with Gasteiger partial charge in [0.1, 0.15) is 11.4 Å². The SMILES string of the molecule is CCN(CC)C1=C(n2ccc3ccccc32)C(=O)N(C)C1=O. The predicted octanol–water partition coefficient (Wildman–Crippen LogP) is 2.15. The van der Waals surface area contributed by atoms with Crippen LogP contribution in [0.4, 0.5) is 0 Å². The van der Waals surface area contributed by atoms with E-state index >= 15 is 0 Å². The standard InChI is InChI=1S/C17H19N3O2/c1-4-19(5-2)14-15(17(22)18(3)16(14)21)20-11-10-12-8-6-7-9-13(12)20/h6-11H,4-5H2,1-3H3. The summed E-state index contributed by atoms with van der Waals surface area (Å²) < 4.78 is 1.83. The molecule has 0 fully saturated rings. The van der Waals surface area contributed by atoms with Crippen LogP contribution in [0.2, 0.25) is 0 Å². The van der Waals surface area contributed by atoms with Crippen LogP contribution >= 0.6 is 0 Å². The Morgan fingerprint density at radius 2 is 1.68 bits per heavy atom. The van der Waals surface area contributed by atoms with Gasteiger partial charge in [-0.1, -0.05) is 18.2 Å². The molecule has 0 saturated heterocycles. The molecule has 2 heterocycles. The number of rotatable bonds is 4. The van der Waals surface area contributed by atoms with Crippen molar-refractivity contribution in [1.29, 1.82) is 0 Å². The van der Waals surface area contributed by atoms with Crippen molar-refractivity contribution < 1.29 is 9.59 Å². The number of benzene rings is 1. The van der Waals surface area contributed by atoms with Crippen molar-refractivity contribution in [1.82, 2.24) is 14.4 Å². The van der Waals surface area contributed by atoms with E-state index in [9.17, 15) is 9.59 Å². The number of hydrogen-bond acceptors (Lipinski definition) is 3. The molecule has 1 aromatic carbocycles. The lowest BCUT2D eigenvalue weighted by molar-refractivity contribution is -0.136. The van der Waals surface area contributed by atoms with Gasteiger partial charge in [0, 0.05) is 26.3 Å². The summed E-state index contributed by atoms with van der Waals surface area (Å²) in [6.45, 7) is 5.33. The number of para-hydroxylation sites is 1. The van der Waals surface area contributed by atoms with Crippen LogP contribution in [0.5, 0.6) is 0 Å². The van der Waals surface area contributed by atoms with Crippen LogP contribution in [0, 0.1) is 0 Å². The second kappa shape index (κ2) is 5.33. The summed E-state index contributed by atoms with van der Waals surface area (Å²) in [6.07, 6.45) is 1.86. The summed E-state index contributed by atoms with van der Waals surface area (Å²) in [6, 6.07) is 9.80. The monoisotopic (exact) mass is 297 g/mol. The number of aromatic nitrogens is 1. The van der Waals surface area contributed by atoms with Gasteiger partial charge in [-0.05, 0) is 31.4 Å². The molecule has 0 saturated carbocycles. The highest BCUT2D eigenvalue weighted by Crippen LogP contribution is 2.29. The number of hydrogen-bond donors (Lipinski definition) is 0. The Bertz CT molecular complexity index is 784. The molecule has 5 heteroatoms. The quantitative estimate of drug-likeness (QED) is 0.812. The summed E-state index contributed by atoms with van der Waals surface area (Å²) >= 11 is 0. The first-order valence-corrected chi connectivity index (χ1v) is 7.48. The molecule has 0 aliphatic carbocycles. The van der Waals surface area contributed by atoms with Gasteiger partial charge in [0.05, 0.1) is 5.52 Å². The molecule has 1 aliphatic heterocycles. The highest BCUT2D eigenvalue weighted by Gasteiger charge is 2.39. The van der Waals surface area contributed by atoms with E-state index in [1.165, 1.54) is 11.9 Å². The zero-order valence-corrected chi connectivity index (χ0v) is 13.0. The first kappa shape index (κ1) is 14.4. The third-order valence-corrected chi connectivity index (χ3v) is 4.16. The van der Waals surface area contributed by atoms with Gasteiger partial charge in [-0.3, -0.25) is 14.5 Å². The number of likely N-dealkylation sites (N-methyl/N-ethyl adjacent to an activating group) is 2. The number of carbonyl (C=O) groups is 2. The van der Waals surface area contributed by atoms with Crippen LogP contribution in [0.1, 0.15) is 13.8 Å². The largest absolute Gasteiger partial charge is 0.366 e. The number of imide groups is 1. The van der Waals surface area contributed by atoms with Crippen molar-refractivity contribution in [3.63, 3.8) is 0 Å². The summed E-state index contributed by atoms with van der Waals surface area (Å²) in [5.74, 6) is -0.491. The Balaban J connectivity index is 2.27. The average molecular weight is 297 g/mol. The minimum Gasteiger partial charge on any atom is -0.366 e. The van der Waals surface area contributed by atoms with E-state index in [2.05, 4.69) is 0 Å². The van der Waals surface area contributed by atoms with E-state index in [-0.39, 0.29) is 11.8 Å². The smallest absolute Gasteiger partial charge is 0.279 e. The minimum absolute atomic E-state index is 0.235. The van der Waals surface area contributed by atoms with Crippen LogP contribution < -0.4 is 0 Å². The molecule has 1 aromatic heterocycles. The maximum atomic E-state index is 12.6. The fourth-order valence-electron chi connectivity index (χ4n) is 2.93. The molecule has 2 amide bonds.